The molecule has 2 atom stereocenters. The summed E-state index contributed by atoms with van der Waals surface area (Å²) < 4.78 is 41.1. The maximum Gasteiger partial charge on any atom is 0.416 e. The molecule has 0 spiro atoms. The van der Waals surface area contributed by atoms with Crippen molar-refractivity contribution in [2.45, 2.75) is 63.8 Å². The summed E-state index contributed by atoms with van der Waals surface area (Å²) in [7, 11) is 0. The van der Waals surface area contributed by atoms with Gasteiger partial charge >= 0.3 is 6.18 Å². The van der Waals surface area contributed by atoms with Crippen molar-refractivity contribution in [1.82, 2.24) is 9.78 Å². The number of carbonyl (C=O) groups is 2. The topological polar surface area (TPSA) is 84.2 Å². The maximum absolute atomic E-state index is 13.2. The van der Waals surface area contributed by atoms with Crippen molar-refractivity contribution in [3.63, 3.8) is 0 Å². The van der Waals surface area contributed by atoms with Crippen LogP contribution in [0.5, 0.6) is 0 Å². The van der Waals surface area contributed by atoms with Crippen LogP contribution in [-0.2, 0) is 22.3 Å². The van der Waals surface area contributed by atoms with Crippen LogP contribution in [0.15, 0.2) is 36.5 Å². The first kappa shape index (κ1) is 23.0. The number of amides is 1. The minimum atomic E-state index is -4.52. The van der Waals surface area contributed by atoms with Crippen LogP contribution in [0.1, 0.15) is 56.6 Å². The summed E-state index contributed by atoms with van der Waals surface area (Å²) in [5.74, 6) is -1.03. The van der Waals surface area contributed by atoms with E-state index in [9.17, 15) is 27.9 Å². The molecule has 9 heteroatoms. The minimum absolute atomic E-state index is 0.0504. The number of alkyl halides is 3. The Balaban J connectivity index is 1.82. The number of benzene rings is 1. The average molecular weight is 437 g/mol. The van der Waals surface area contributed by atoms with Gasteiger partial charge in [-0.2, -0.15) is 18.3 Å². The first-order valence-electron chi connectivity index (χ1n) is 10.2. The average Bonchev–Trinajstić information content (AvgIpc) is 3.26. The first-order chi connectivity index (χ1) is 14.4. The monoisotopic (exact) mass is 437 g/mol. The molecule has 0 saturated heterocycles. The van der Waals surface area contributed by atoms with E-state index in [-0.39, 0.29) is 36.0 Å². The van der Waals surface area contributed by atoms with Crippen LogP contribution in [0.3, 0.4) is 0 Å². The number of nitrogens with zero attached hydrogens (tertiary/aromatic N) is 2. The summed E-state index contributed by atoms with van der Waals surface area (Å²) in [5.41, 5.74) is -1.56. The van der Waals surface area contributed by atoms with Gasteiger partial charge in [0.2, 0.25) is 5.91 Å². The van der Waals surface area contributed by atoms with E-state index >= 15 is 0 Å². The van der Waals surface area contributed by atoms with Crippen LogP contribution >= 0.6 is 0 Å². The number of hydrogen-bond donors (Lipinski definition) is 2. The fourth-order valence-corrected chi connectivity index (χ4v) is 3.88. The lowest BCUT2D eigenvalue weighted by atomic mass is 9.86. The van der Waals surface area contributed by atoms with Gasteiger partial charge in [-0.3, -0.25) is 14.3 Å². The largest absolute Gasteiger partial charge is 0.416 e. The zero-order valence-electron chi connectivity index (χ0n) is 17.4. The van der Waals surface area contributed by atoms with Crippen LogP contribution in [0, 0.1) is 5.92 Å². The molecule has 0 radical (unpaired) electrons. The molecular formula is C22H26F3N3O3. The fraction of sp³-hybridized carbons (Fsp3) is 0.500. The molecule has 1 fully saturated rings. The van der Waals surface area contributed by atoms with Gasteiger partial charge in [-0.15, -0.1) is 0 Å². The first-order valence-corrected chi connectivity index (χ1v) is 10.2. The summed E-state index contributed by atoms with van der Waals surface area (Å²) in [6.45, 7) is 3.46. The van der Waals surface area contributed by atoms with E-state index in [1.807, 2.05) is 0 Å². The molecule has 1 heterocycles. The second-order valence-electron chi connectivity index (χ2n) is 8.76. The number of halogens is 3. The van der Waals surface area contributed by atoms with Gasteiger partial charge in [-0.1, -0.05) is 18.2 Å². The van der Waals surface area contributed by atoms with Crippen LogP contribution in [0.4, 0.5) is 19.0 Å². The highest BCUT2D eigenvalue weighted by Gasteiger charge is 2.34. The van der Waals surface area contributed by atoms with E-state index in [2.05, 4.69) is 10.4 Å². The van der Waals surface area contributed by atoms with Gasteiger partial charge in [0.1, 0.15) is 5.78 Å². The molecule has 6 nitrogen and oxygen atoms in total. The third kappa shape index (κ3) is 6.40. The number of rotatable bonds is 7. The molecule has 168 valence electrons. The number of carbonyl (C=O) groups excluding carboxylic acids is 2. The molecule has 1 aliphatic carbocycles. The smallest absolute Gasteiger partial charge is 0.389 e. The molecule has 1 aromatic heterocycles. The number of anilines is 1. The lowest BCUT2D eigenvalue weighted by Crippen LogP contribution is -2.27. The normalized spacial score (nSPS) is 18.3. The Hall–Kier alpha value is -2.68. The summed E-state index contributed by atoms with van der Waals surface area (Å²) in [6, 6.07) is 6.31. The van der Waals surface area contributed by atoms with Gasteiger partial charge in [-0.05, 0) is 44.2 Å². The molecule has 31 heavy (non-hydrogen) atoms. The van der Waals surface area contributed by atoms with Crippen molar-refractivity contribution in [2.75, 3.05) is 5.32 Å². The zero-order valence-corrected chi connectivity index (χ0v) is 17.4. The lowest BCUT2D eigenvalue weighted by Gasteiger charge is -2.21. The number of aliphatic hydroxyl groups is 1. The van der Waals surface area contributed by atoms with Crippen molar-refractivity contribution in [3.05, 3.63) is 47.7 Å². The van der Waals surface area contributed by atoms with Gasteiger partial charge in [-0.25, -0.2) is 0 Å². The van der Waals surface area contributed by atoms with E-state index in [4.69, 9.17) is 0 Å². The van der Waals surface area contributed by atoms with Gasteiger partial charge < -0.3 is 10.4 Å². The SMILES string of the molecule is CC(C)(O)Cn1ccc(NC(=O)C(CC2CCC(=O)C2)c2cccc(C(F)(F)F)c2)n1. The number of ketones is 1. The van der Waals surface area contributed by atoms with E-state index in [0.29, 0.717) is 19.3 Å². The van der Waals surface area contributed by atoms with Crippen LogP contribution < -0.4 is 5.32 Å². The Labute approximate surface area is 178 Å². The number of Topliss-reactive ketones (excluding diaryl/α,β-unsaturated/α-hetero) is 1. The number of aromatic nitrogens is 2. The highest BCUT2D eigenvalue weighted by atomic mass is 19.4. The van der Waals surface area contributed by atoms with Crippen LogP contribution in [-0.4, -0.2) is 32.2 Å². The van der Waals surface area contributed by atoms with Gasteiger partial charge in [0.05, 0.1) is 23.6 Å². The molecule has 0 aliphatic heterocycles. The lowest BCUT2D eigenvalue weighted by molar-refractivity contribution is -0.137. The predicted molar refractivity (Wildman–Crippen MR) is 108 cm³/mol. The van der Waals surface area contributed by atoms with E-state index < -0.39 is 29.2 Å². The van der Waals surface area contributed by atoms with Crippen LogP contribution in [0.25, 0.3) is 0 Å². The molecule has 2 N–H and O–H groups in total. The number of hydrogen-bond acceptors (Lipinski definition) is 4. The second-order valence-corrected chi connectivity index (χ2v) is 8.76. The van der Waals surface area contributed by atoms with Gasteiger partial charge in [0, 0.05) is 25.1 Å². The summed E-state index contributed by atoms with van der Waals surface area (Å²) >= 11 is 0. The number of nitrogens with one attached hydrogen (secondary N) is 1. The van der Waals surface area contributed by atoms with Gasteiger partial charge in [0.25, 0.3) is 0 Å². The Morgan fingerprint density at radius 3 is 2.68 bits per heavy atom. The minimum Gasteiger partial charge on any atom is -0.389 e. The summed E-state index contributed by atoms with van der Waals surface area (Å²) in [5, 5.41) is 16.8. The molecule has 1 aromatic carbocycles. The van der Waals surface area contributed by atoms with Crippen molar-refractivity contribution < 1.29 is 27.9 Å². The second kappa shape index (κ2) is 8.82. The highest BCUT2D eigenvalue weighted by molar-refractivity contribution is 5.95. The predicted octanol–water partition coefficient (Wildman–Crippen LogP) is 4.15. The summed E-state index contributed by atoms with van der Waals surface area (Å²) in [6.07, 6.45) is -1.24. The van der Waals surface area contributed by atoms with Gasteiger partial charge in [0.15, 0.2) is 5.82 Å². The fourth-order valence-electron chi connectivity index (χ4n) is 3.88. The molecule has 2 aromatic rings. The quantitative estimate of drug-likeness (QED) is 0.682. The van der Waals surface area contributed by atoms with E-state index in [0.717, 1.165) is 12.1 Å². The molecule has 1 aliphatic rings. The third-order valence-corrected chi connectivity index (χ3v) is 5.29. The molecule has 3 rings (SSSR count). The zero-order chi connectivity index (χ0) is 22.8. The Bertz CT molecular complexity index is 947. The molecule has 1 amide bonds. The van der Waals surface area contributed by atoms with Crippen molar-refractivity contribution in [2.24, 2.45) is 5.92 Å². The highest BCUT2D eigenvalue weighted by Crippen LogP contribution is 2.36. The van der Waals surface area contributed by atoms with E-state index in [1.54, 1.807) is 26.1 Å². The summed E-state index contributed by atoms with van der Waals surface area (Å²) in [4.78, 5) is 24.7. The van der Waals surface area contributed by atoms with Crippen LogP contribution in [0.2, 0.25) is 0 Å². The third-order valence-electron chi connectivity index (χ3n) is 5.29. The van der Waals surface area contributed by atoms with Crippen molar-refractivity contribution in [1.29, 1.82) is 0 Å². The molecule has 2 unspecified atom stereocenters. The Morgan fingerprint density at radius 1 is 1.32 bits per heavy atom. The molecule has 1 saturated carbocycles. The maximum atomic E-state index is 13.2. The van der Waals surface area contributed by atoms with E-state index in [1.165, 1.54) is 16.8 Å². The molecule has 0 bridgehead atoms. The van der Waals surface area contributed by atoms with Crippen molar-refractivity contribution >= 4 is 17.5 Å². The van der Waals surface area contributed by atoms with Crippen molar-refractivity contribution in [3.8, 4) is 0 Å². The molecular weight excluding hydrogens is 411 g/mol. The Morgan fingerprint density at radius 2 is 2.06 bits per heavy atom. The Kier molecular flexibility index (Phi) is 6.54. The standard InChI is InChI=1S/C22H26F3N3O3/c1-21(2,31)13-28-9-8-19(27-28)26-20(30)18(11-14-6-7-17(29)10-14)15-4-3-5-16(12-15)22(23,24)25/h3-5,8-9,12,14,18,31H,6-7,10-11,13H2,1-2H3,(H,26,27,30).